The van der Waals surface area contributed by atoms with E-state index in [0.29, 0.717) is 34.1 Å². The van der Waals surface area contributed by atoms with Gasteiger partial charge in [-0.1, -0.05) is 23.2 Å². The minimum absolute atomic E-state index is 0.132. The number of pyridine rings is 1. The Bertz CT molecular complexity index is 1270. The van der Waals surface area contributed by atoms with Gasteiger partial charge < -0.3 is 20.3 Å². The Hall–Kier alpha value is -3.14. The Kier molecular flexibility index (Phi) is 9.57. The minimum Gasteiger partial charge on any atom is -0.436 e. The number of carbonyl (C=O) groups excluding carboxylic acids is 1. The van der Waals surface area contributed by atoms with Crippen molar-refractivity contribution in [2.75, 3.05) is 44.7 Å². The lowest BCUT2D eigenvalue weighted by Gasteiger charge is -2.32. The Balaban J connectivity index is 1.31. The molecule has 40 heavy (non-hydrogen) atoms. The number of aromatic nitrogens is 3. The summed E-state index contributed by atoms with van der Waals surface area (Å²) in [6.45, 7) is 5.30. The van der Waals surface area contributed by atoms with E-state index in [4.69, 9.17) is 32.9 Å². The van der Waals surface area contributed by atoms with Crippen LogP contribution in [0, 0.1) is 5.92 Å². The highest BCUT2D eigenvalue weighted by molar-refractivity contribution is 6.35. The van der Waals surface area contributed by atoms with Crippen LogP contribution in [-0.4, -0.2) is 65.7 Å². The fraction of sp³-hybridized carbons (Fsp3) is 0.448. The van der Waals surface area contributed by atoms with E-state index in [1.165, 1.54) is 19.3 Å². The van der Waals surface area contributed by atoms with E-state index in [9.17, 15) is 4.79 Å². The largest absolute Gasteiger partial charge is 0.436 e. The third kappa shape index (κ3) is 7.74. The molecule has 4 heterocycles. The van der Waals surface area contributed by atoms with Crippen LogP contribution >= 0.6 is 23.2 Å². The van der Waals surface area contributed by atoms with Gasteiger partial charge in [0.2, 0.25) is 11.8 Å². The molecule has 3 aromatic rings. The van der Waals surface area contributed by atoms with Crippen molar-refractivity contribution in [3.05, 3.63) is 58.3 Å². The van der Waals surface area contributed by atoms with Crippen LogP contribution in [0.2, 0.25) is 10.0 Å². The summed E-state index contributed by atoms with van der Waals surface area (Å²) in [5, 5.41) is 6.63. The maximum atomic E-state index is 11.5. The number of anilines is 1. The van der Waals surface area contributed by atoms with Crippen molar-refractivity contribution in [2.24, 2.45) is 5.92 Å². The van der Waals surface area contributed by atoms with E-state index >= 15 is 0 Å². The molecule has 11 heteroatoms. The molecule has 2 amide bonds. The lowest BCUT2D eigenvalue weighted by molar-refractivity contribution is 0.175. The maximum Gasteiger partial charge on any atom is 0.314 e. The van der Waals surface area contributed by atoms with Gasteiger partial charge in [0.1, 0.15) is 0 Å². The lowest BCUT2D eigenvalue weighted by atomic mass is 9.96. The number of likely N-dealkylation sites (tertiary alicyclic amines) is 1. The summed E-state index contributed by atoms with van der Waals surface area (Å²) >= 11 is 12.6. The molecule has 9 nitrogen and oxygen atoms in total. The van der Waals surface area contributed by atoms with Gasteiger partial charge in [-0.25, -0.2) is 19.7 Å². The van der Waals surface area contributed by atoms with Gasteiger partial charge >= 0.3 is 6.03 Å². The van der Waals surface area contributed by atoms with Crippen molar-refractivity contribution in [1.82, 2.24) is 30.5 Å². The molecule has 2 aromatic heterocycles. The van der Waals surface area contributed by atoms with E-state index in [2.05, 4.69) is 36.5 Å². The smallest absolute Gasteiger partial charge is 0.314 e. The first-order chi connectivity index (χ1) is 19.4. The zero-order chi connectivity index (χ0) is 27.9. The molecule has 2 saturated heterocycles. The number of nitrogens with zero attached hydrogens (tertiary/aromatic N) is 5. The number of nitrogens with one attached hydrogen (secondary N) is 2. The van der Waals surface area contributed by atoms with Crippen LogP contribution in [0.25, 0.3) is 11.3 Å². The van der Waals surface area contributed by atoms with Gasteiger partial charge in [-0.05, 0) is 80.9 Å². The van der Waals surface area contributed by atoms with Crippen molar-refractivity contribution in [2.45, 2.75) is 38.6 Å². The molecule has 2 fully saturated rings. The van der Waals surface area contributed by atoms with Gasteiger partial charge in [0, 0.05) is 54.9 Å². The lowest BCUT2D eigenvalue weighted by Crippen LogP contribution is -2.40. The fourth-order valence-electron chi connectivity index (χ4n) is 5.22. The van der Waals surface area contributed by atoms with E-state index in [1.54, 1.807) is 25.5 Å². The molecule has 2 N–H and O–H groups in total. The van der Waals surface area contributed by atoms with Crippen LogP contribution in [0.4, 0.5) is 10.7 Å². The Morgan fingerprint density at radius 1 is 0.975 bits per heavy atom. The summed E-state index contributed by atoms with van der Waals surface area (Å²) in [5.41, 5.74) is 2.62. The van der Waals surface area contributed by atoms with Gasteiger partial charge in [-0.2, -0.15) is 0 Å². The molecule has 5 rings (SSSR count). The van der Waals surface area contributed by atoms with Gasteiger partial charge in [0.05, 0.1) is 18.1 Å². The highest BCUT2D eigenvalue weighted by Gasteiger charge is 2.21. The van der Waals surface area contributed by atoms with E-state index in [0.717, 1.165) is 68.3 Å². The number of hydrogen-bond donors (Lipinski definition) is 2. The number of halogens is 2. The molecule has 0 saturated carbocycles. The first-order valence-electron chi connectivity index (χ1n) is 13.9. The topological polar surface area (TPSA) is 95.5 Å². The predicted molar refractivity (Wildman–Crippen MR) is 158 cm³/mol. The molecule has 2 aliphatic rings. The molecule has 0 aliphatic carbocycles. The first kappa shape index (κ1) is 28.4. The highest BCUT2D eigenvalue weighted by atomic mass is 35.5. The number of urea groups is 1. The molecule has 1 aromatic carbocycles. The van der Waals surface area contributed by atoms with Crippen molar-refractivity contribution in [3.8, 4) is 22.9 Å². The summed E-state index contributed by atoms with van der Waals surface area (Å²) in [5.74, 6) is 2.20. The molecular formula is C29H35Cl2N7O2. The van der Waals surface area contributed by atoms with Crippen LogP contribution < -0.4 is 20.3 Å². The first-order valence-corrected chi connectivity index (χ1v) is 14.6. The number of hydrogen-bond acceptors (Lipinski definition) is 7. The third-order valence-electron chi connectivity index (χ3n) is 7.39. The second-order valence-corrected chi connectivity index (χ2v) is 11.3. The van der Waals surface area contributed by atoms with Crippen molar-refractivity contribution in [3.63, 3.8) is 0 Å². The van der Waals surface area contributed by atoms with Gasteiger partial charge in [0.25, 0.3) is 0 Å². The Morgan fingerprint density at radius 2 is 1.68 bits per heavy atom. The SMILES string of the molecule is CNC(=O)NCC1CCN(Cc2cc(Oc3cnc(N4CCCCC4)nc3)nc(-c3cc(Cl)cc(Cl)c3)c2)CC1. The van der Waals surface area contributed by atoms with Crippen molar-refractivity contribution < 1.29 is 9.53 Å². The van der Waals surface area contributed by atoms with Gasteiger partial charge in [-0.15, -0.1) is 0 Å². The van der Waals surface area contributed by atoms with Crippen molar-refractivity contribution >= 4 is 35.2 Å². The second-order valence-electron chi connectivity index (χ2n) is 10.4. The summed E-state index contributed by atoms with van der Waals surface area (Å²) in [7, 11) is 1.63. The molecule has 212 valence electrons. The number of amides is 2. The van der Waals surface area contributed by atoms with E-state index in [1.807, 2.05) is 18.2 Å². The summed E-state index contributed by atoms with van der Waals surface area (Å²) < 4.78 is 6.17. The second kappa shape index (κ2) is 13.5. The molecule has 0 spiro atoms. The number of piperidine rings is 2. The van der Waals surface area contributed by atoms with Crippen molar-refractivity contribution in [1.29, 1.82) is 0 Å². The zero-order valence-corrected chi connectivity index (χ0v) is 24.2. The molecule has 2 aliphatic heterocycles. The standard InChI is InChI=1S/C29H35Cl2N7O2/c1-32-29(39)35-16-20-5-9-37(10-6-20)19-21-11-26(22-13-23(30)15-24(31)14-22)36-27(12-21)40-25-17-33-28(34-18-25)38-7-3-2-4-8-38/h11-15,17-18,20H,2-10,16,19H2,1H3,(H2,32,35,39). The summed E-state index contributed by atoms with van der Waals surface area (Å²) in [6.07, 6.45) is 9.05. The maximum absolute atomic E-state index is 11.5. The average molecular weight is 585 g/mol. The minimum atomic E-state index is -0.132. The number of carbonyl (C=O) groups is 1. The molecular weight excluding hydrogens is 549 g/mol. The Morgan fingerprint density at radius 3 is 2.35 bits per heavy atom. The summed E-state index contributed by atoms with van der Waals surface area (Å²) in [4.78, 5) is 30.0. The number of rotatable bonds is 8. The van der Waals surface area contributed by atoms with Crippen LogP contribution in [0.5, 0.6) is 11.6 Å². The van der Waals surface area contributed by atoms with Gasteiger partial charge in [-0.3, -0.25) is 4.90 Å². The quantitative estimate of drug-likeness (QED) is 0.347. The van der Waals surface area contributed by atoms with E-state index in [-0.39, 0.29) is 6.03 Å². The normalized spacial score (nSPS) is 16.5. The van der Waals surface area contributed by atoms with Gasteiger partial charge in [0.15, 0.2) is 5.75 Å². The van der Waals surface area contributed by atoms with Crippen LogP contribution in [0.3, 0.4) is 0 Å². The highest BCUT2D eigenvalue weighted by Crippen LogP contribution is 2.31. The monoisotopic (exact) mass is 583 g/mol. The predicted octanol–water partition coefficient (Wildman–Crippen LogP) is 5.77. The fourth-order valence-corrected chi connectivity index (χ4v) is 5.75. The molecule has 0 unspecified atom stereocenters. The molecule has 0 radical (unpaired) electrons. The number of ether oxygens (including phenoxy) is 1. The Labute approximate surface area is 245 Å². The third-order valence-corrected chi connectivity index (χ3v) is 7.82. The molecule has 0 atom stereocenters. The number of benzene rings is 1. The van der Waals surface area contributed by atoms with Crippen LogP contribution in [-0.2, 0) is 6.54 Å². The zero-order valence-electron chi connectivity index (χ0n) is 22.7. The van der Waals surface area contributed by atoms with E-state index < -0.39 is 0 Å². The van der Waals surface area contributed by atoms with Crippen LogP contribution in [0.1, 0.15) is 37.7 Å². The summed E-state index contributed by atoms with van der Waals surface area (Å²) in [6, 6.07) is 9.30. The molecule has 0 bridgehead atoms. The van der Waals surface area contributed by atoms with Crippen LogP contribution in [0.15, 0.2) is 42.7 Å². The average Bonchev–Trinajstić information content (AvgIpc) is 2.97.